The zero-order chi connectivity index (χ0) is 12.6. The molecule has 0 bridgehead atoms. The predicted molar refractivity (Wildman–Crippen MR) is 74.9 cm³/mol. The van der Waals surface area contributed by atoms with Gasteiger partial charge in [-0.2, -0.15) is 0 Å². The lowest BCUT2D eigenvalue weighted by Crippen LogP contribution is -2.35. The molecular weight excluding hydrogens is 194 g/mol. The average molecular weight is 227 g/mol. The topological polar surface area (TPSA) is 3.24 Å². The second-order valence-electron chi connectivity index (χ2n) is 5.64. The van der Waals surface area contributed by atoms with Crippen molar-refractivity contribution in [1.82, 2.24) is 4.90 Å². The second kappa shape index (κ2) is 8.11. The van der Waals surface area contributed by atoms with Gasteiger partial charge in [-0.25, -0.2) is 0 Å². The van der Waals surface area contributed by atoms with Gasteiger partial charge in [-0.1, -0.05) is 48.0 Å². The van der Waals surface area contributed by atoms with Crippen LogP contribution >= 0.6 is 0 Å². The quantitative estimate of drug-likeness (QED) is 0.668. The Kier molecular flexibility index (Phi) is 8.09. The predicted octanol–water partition coefficient (Wildman–Crippen LogP) is 4.57. The van der Waals surface area contributed by atoms with Crippen LogP contribution in [0.1, 0.15) is 67.2 Å². The van der Waals surface area contributed by atoms with Crippen LogP contribution in [0.15, 0.2) is 0 Å². The molecule has 1 aliphatic rings. The normalized spacial score (nSPS) is 26.2. The summed E-state index contributed by atoms with van der Waals surface area (Å²) in [7, 11) is 0. The first-order valence-electron chi connectivity index (χ1n) is 7.29. The van der Waals surface area contributed by atoms with Gasteiger partial charge in [0.2, 0.25) is 0 Å². The lowest BCUT2D eigenvalue weighted by Gasteiger charge is -2.36. The van der Waals surface area contributed by atoms with E-state index in [1.807, 2.05) is 13.8 Å². The average Bonchev–Trinajstić information content (AvgIpc) is 2.26. The van der Waals surface area contributed by atoms with Crippen LogP contribution in [0.3, 0.4) is 0 Å². The van der Waals surface area contributed by atoms with Crippen molar-refractivity contribution in [3.8, 4) is 0 Å². The molecule has 1 nitrogen and oxygen atoms in total. The second-order valence-corrected chi connectivity index (χ2v) is 5.64. The van der Waals surface area contributed by atoms with Gasteiger partial charge in [-0.3, -0.25) is 0 Å². The van der Waals surface area contributed by atoms with Crippen LogP contribution in [0, 0.1) is 11.3 Å². The molecule has 1 rings (SSSR count). The third-order valence-corrected chi connectivity index (χ3v) is 3.71. The van der Waals surface area contributed by atoms with Crippen LogP contribution in [0.4, 0.5) is 0 Å². The summed E-state index contributed by atoms with van der Waals surface area (Å²) in [6.07, 6.45) is 5.55. The molecule has 0 radical (unpaired) electrons. The Hall–Kier alpha value is -0.0400. The summed E-state index contributed by atoms with van der Waals surface area (Å²) in [5.41, 5.74) is 0.584. The van der Waals surface area contributed by atoms with Crippen molar-refractivity contribution in [1.29, 1.82) is 0 Å². The standard InChI is InChI=1S/C13H27N.C2H6/c1-5-12-10-13(3,4)8-7-9-14(6-2)11-12;1-2/h12H,5-11H2,1-4H3;1-2H3. The smallest absolute Gasteiger partial charge is 0.000964 e. The van der Waals surface area contributed by atoms with Crippen molar-refractivity contribution in [3.63, 3.8) is 0 Å². The first-order chi connectivity index (χ1) is 7.57. The van der Waals surface area contributed by atoms with Gasteiger partial charge >= 0.3 is 0 Å². The molecule has 98 valence electrons. The first kappa shape index (κ1) is 16.0. The number of hydrogen-bond acceptors (Lipinski definition) is 1. The maximum Gasteiger partial charge on any atom is 0.000964 e. The van der Waals surface area contributed by atoms with E-state index in [-0.39, 0.29) is 0 Å². The van der Waals surface area contributed by atoms with Crippen molar-refractivity contribution in [3.05, 3.63) is 0 Å². The fraction of sp³-hybridized carbons (Fsp3) is 1.00. The van der Waals surface area contributed by atoms with Crippen molar-refractivity contribution >= 4 is 0 Å². The molecule has 16 heavy (non-hydrogen) atoms. The monoisotopic (exact) mass is 227 g/mol. The Labute approximate surface area is 104 Å². The Morgan fingerprint density at radius 2 is 1.81 bits per heavy atom. The lowest BCUT2D eigenvalue weighted by atomic mass is 9.77. The molecular formula is C15H33N. The molecule has 0 saturated carbocycles. The summed E-state index contributed by atoms with van der Waals surface area (Å²) < 4.78 is 0. The van der Waals surface area contributed by atoms with Gasteiger partial charge in [-0.05, 0) is 43.7 Å². The van der Waals surface area contributed by atoms with E-state index in [1.54, 1.807) is 0 Å². The van der Waals surface area contributed by atoms with E-state index in [0.717, 1.165) is 5.92 Å². The van der Waals surface area contributed by atoms with Crippen LogP contribution < -0.4 is 0 Å². The van der Waals surface area contributed by atoms with E-state index in [9.17, 15) is 0 Å². The molecule has 0 aromatic heterocycles. The lowest BCUT2D eigenvalue weighted by molar-refractivity contribution is 0.139. The minimum Gasteiger partial charge on any atom is -0.303 e. The molecule has 1 fully saturated rings. The van der Waals surface area contributed by atoms with E-state index >= 15 is 0 Å². The maximum absolute atomic E-state index is 2.63. The molecule has 1 saturated heterocycles. The molecule has 0 aliphatic carbocycles. The van der Waals surface area contributed by atoms with Gasteiger partial charge in [0.05, 0.1) is 0 Å². The number of likely N-dealkylation sites (tertiary alicyclic amines) is 1. The minimum atomic E-state index is 0.584. The van der Waals surface area contributed by atoms with Crippen molar-refractivity contribution in [2.75, 3.05) is 19.6 Å². The summed E-state index contributed by atoms with van der Waals surface area (Å²) in [6, 6.07) is 0. The summed E-state index contributed by atoms with van der Waals surface area (Å²) in [5, 5.41) is 0. The fourth-order valence-corrected chi connectivity index (χ4v) is 2.75. The van der Waals surface area contributed by atoms with Crippen molar-refractivity contribution in [2.24, 2.45) is 11.3 Å². The fourth-order valence-electron chi connectivity index (χ4n) is 2.75. The molecule has 0 aromatic rings. The molecule has 0 aromatic carbocycles. The van der Waals surface area contributed by atoms with Crippen molar-refractivity contribution in [2.45, 2.75) is 67.2 Å². The molecule has 0 amide bonds. The Balaban J connectivity index is 0.00000106. The SMILES string of the molecule is CC.CCC1CN(CC)CCCC(C)(C)C1. The number of hydrogen-bond donors (Lipinski definition) is 0. The molecule has 1 unspecified atom stereocenters. The van der Waals surface area contributed by atoms with Gasteiger partial charge in [-0.15, -0.1) is 0 Å². The zero-order valence-corrected chi connectivity index (χ0v) is 12.5. The third-order valence-electron chi connectivity index (χ3n) is 3.71. The van der Waals surface area contributed by atoms with E-state index in [4.69, 9.17) is 0 Å². The van der Waals surface area contributed by atoms with Gasteiger partial charge in [0, 0.05) is 6.54 Å². The highest BCUT2D eigenvalue weighted by Gasteiger charge is 2.25. The molecule has 1 atom stereocenters. The Morgan fingerprint density at radius 3 is 2.31 bits per heavy atom. The third kappa shape index (κ3) is 5.89. The minimum absolute atomic E-state index is 0.584. The summed E-state index contributed by atoms with van der Waals surface area (Å²) >= 11 is 0. The van der Waals surface area contributed by atoms with Crippen LogP contribution in [0.5, 0.6) is 0 Å². The highest BCUT2D eigenvalue weighted by Crippen LogP contribution is 2.34. The first-order valence-corrected chi connectivity index (χ1v) is 7.29. The zero-order valence-electron chi connectivity index (χ0n) is 12.5. The molecule has 1 heteroatoms. The molecule has 1 heterocycles. The van der Waals surface area contributed by atoms with Gasteiger partial charge in [0.1, 0.15) is 0 Å². The van der Waals surface area contributed by atoms with Crippen LogP contribution in [0.25, 0.3) is 0 Å². The summed E-state index contributed by atoms with van der Waals surface area (Å²) in [4.78, 5) is 2.63. The van der Waals surface area contributed by atoms with E-state index in [1.165, 1.54) is 45.3 Å². The van der Waals surface area contributed by atoms with Gasteiger partial charge in [0.25, 0.3) is 0 Å². The molecule has 0 N–H and O–H groups in total. The number of nitrogens with zero attached hydrogens (tertiary/aromatic N) is 1. The van der Waals surface area contributed by atoms with Gasteiger partial charge < -0.3 is 4.90 Å². The Morgan fingerprint density at radius 1 is 1.19 bits per heavy atom. The highest BCUT2D eigenvalue weighted by molar-refractivity contribution is 4.78. The summed E-state index contributed by atoms with van der Waals surface area (Å²) in [5.74, 6) is 0.922. The van der Waals surface area contributed by atoms with E-state index in [2.05, 4.69) is 32.6 Å². The number of rotatable bonds is 2. The van der Waals surface area contributed by atoms with Crippen LogP contribution in [-0.4, -0.2) is 24.5 Å². The summed E-state index contributed by atoms with van der Waals surface area (Å²) in [6.45, 7) is 17.4. The maximum atomic E-state index is 2.63. The van der Waals surface area contributed by atoms with Crippen LogP contribution in [-0.2, 0) is 0 Å². The van der Waals surface area contributed by atoms with Gasteiger partial charge in [0.15, 0.2) is 0 Å². The van der Waals surface area contributed by atoms with E-state index < -0.39 is 0 Å². The largest absolute Gasteiger partial charge is 0.303 e. The molecule has 1 aliphatic heterocycles. The Bertz CT molecular complexity index is 163. The highest BCUT2D eigenvalue weighted by atomic mass is 15.1. The van der Waals surface area contributed by atoms with E-state index in [0.29, 0.717) is 5.41 Å². The van der Waals surface area contributed by atoms with Crippen molar-refractivity contribution < 1.29 is 0 Å². The van der Waals surface area contributed by atoms with Crippen LogP contribution in [0.2, 0.25) is 0 Å². The molecule has 0 spiro atoms.